The second-order valence-corrected chi connectivity index (χ2v) is 8.25. The largest absolute Gasteiger partial charge is 0.487 e. The van der Waals surface area contributed by atoms with Gasteiger partial charge in [0.1, 0.15) is 11.4 Å². The van der Waals surface area contributed by atoms with Crippen LogP contribution in [0.3, 0.4) is 0 Å². The molecule has 4 bridgehead atoms. The van der Waals surface area contributed by atoms with Crippen molar-refractivity contribution in [2.75, 3.05) is 6.54 Å². The van der Waals surface area contributed by atoms with Gasteiger partial charge in [-0.25, -0.2) is 0 Å². The van der Waals surface area contributed by atoms with Crippen molar-refractivity contribution in [3.05, 3.63) is 29.8 Å². The highest BCUT2D eigenvalue weighted by atomic mass is 16.5. The van der Waals surface area contributed by atoms with Gasteiger partial charge in [0.2, 0.25) is 0 Å². The maximum atomic E-state index is 6.58. The van der Waals surface area contributed by atoms with Crippen LogP contribution >= 0.6 is 0 Å². The van der Waals surface area contributed by atoms with Gasteiger partial charge in [-0.15, -0.1) is 0 Å². The van der Waals surface area contributed by atoms with E-state index in [9.17, 15) is 0 Å². The molecule has 5 rings (SSSR count). The Labute approximate surface area is 134 Å². The van der Waals surface area contributed by atoms with Gasteiger partial charge in [-0.05, 0) is 92.9 Å². The van der Waals surface area contributed by atoms with Crippen molar-refractivity contribution in [2.24, 2.45) is 23.5 Å². The van der Waals surface area contributed by atoms with Crippen molar-refractivity contribution in [1.29, 1.82) is 0 Å². The van der Waals surface area contributed by atoms with Gasteiger partial charge in [0, 0.05) is 0 Å². The van der Waals surface area contributed by atoms with E-state index in [0.717, 1.165) is 36.5 Å². The molecule has 4 fully saturated rings. The SMILES string of the molecule is CC(CCN)c1ccc(OC23CC4CC(CC(C4)C2)C3)cc1. The minimum Gasteiger partial charge on any atom is -0.487 e. The molecule has 1 unspecified atom stereocenters. The quantitative estimate of drug-likeness (QED) is 0.869. The van der Waals surface area contributed by atoms with Crippen molar-refractivity contribution in [3.8, 4) is 5.75 Å². The van der Waals surface area contributed by atoms with Crippen molar-refractivity contribution in [1.82, 2.24) is 0 Å². The van der Waals surface area contributed by atoms with E-state index in [0.29, 0.717) is 5.92 Å². The lowest BCUT2D eigenvalue weighted by atomic mass is 9.54. The standard InChI is InChI=1S/C20H29NO/c1-14(6-7-21)18-2-4-19(5-3-18)22-20-11-15-8-16(12-20)10-17(9-15)13-20/h2-5,14-17H,6-13,21H2,1H3. The molecule has 0 radical (unpaired) electrons. The Morgan fingerprint density at radius 1 is 1.05 bits per heavy atom. The van der Waals surface area contributed by atoms with E-state index in [1.807, 2.05) is 0 Å². The van der Waals surface area contributed by atoms with Crippen molar-refractivity contribution >= 4 is 0 Å². The molecular formula is C20H29NO. The topological polar surface area (TPSA) is 35.2 Å². The Hall–Kier alpha value is -1.02. The summed E-state index contributed by atoms with van der Waals surface area (Å²) in [5.74, 6) is 4.43. The number of hydrogen-bond acceptors (Lipinski definition) is 2. The lowest BCUT2D eigenvalue weighted by Crippen LogP contribution is -2.53. The summed E-state index contributed by atoms with van der Waals surface area (Å²) in [6.07, 6.45) is 9.35. The molecule has 4 saturated carbocycles. The summed E-state index contributed by atoms with van der Waals surface area (Å²) in [4.78, 5) is 0. The second-order valence-electron chi connectivity index (χ2n) is 8.25. The predicted molar refractivity (Wildman–Crippen MR) is 90.1 cm³/mol. The maximum Gasteiger partial charge on any atom is 0.120 e. The molecule has 22 heavy (non-hydrogen) atoms. The van der Waals surface area contributed by atoms with Crippen LogP contribution in [0.15, 0.2) is 24.3 Å². The summed E-state index contributed by atoms with van der Waals surface area (Å²) < 4.78 is 6.58. The number of nitrogens with two attached hydrogens (primary N) is 1. The van der Waals surface area contributed by atoms with Gasteiger partial charge in [-0.2, -0.15) is 0 Å². The van der Waals surface area contributed by atoms with Crippen molar-refractivity contribution in [2.45, 2.75) is 63.4 Å². The molecule has 0 spiro atoms. The number of hydrogen-bond donors (Lipinski definition) is 1. The van der Waals surface area contributed by atoms with Crippen molar-refractivity contribution in [3.63, 3.8) is 0 Å². The van der Waals surface area contributed by atoms with Gasteiger partial charge in [0.15, 0.2) is 0 Å². The zero-order valence-corrected chi connectivity index (χ0v) is 13.8. The Balaban J connectivity index is 1.47. The van der Waals surface area contributed by atoms with Crippen LogP contribution in [-0.2, 0) is 0 Å². The Morgan fingerprint density at radius 2 is 1.59 bits per heavy atom. The first-order valence-corrected chi connectivity index (χ1v) is 9.15. The van der Waals surface area contributed by atoms with Crippen LogP contribution in [0.2, 0.25) is 0 Å². The molecule has 2 nitrogen and oxygen atoms in total. The molecule has 1 aromatic rings. The van der Waals surface area contributed by atoms with Crippen molar-refractivity contribution < 1.29 is 4.74 Å². The first-order valence-electron chi connectivity index (χ1n) is 9.15. The molecule has 2 N–H and O–H groups in total. The van der Waals surface area contributed by atoms with Crippen LogP contribution in [0.4, 0.5) is 0 Å². The van der Waals surface area contributed by atoms with E-state index in [2.05, 4.69) is 31.2 Å². The van der Waals surface area contributed by atoms with Crippen LogP contribution in [0.5, 0.6) is 5.75 Å². The minimum atomic E-state index is 0.166. The highest BCUT2D eigenvalue weighted by molar-refractivity contribution is 5.30. The fourth-order valence-electron chi connectivity index (χ4n) is 5.69. The zero-order chi connectivity index (χ0) is 15.2. The van der Waals surface area contributed by atoms with Crippen LogP contribution in [0, 0.1) is 17.8 Å². The third-order valence-electron chi connectivity index (χ3n) is 6.37. The molecule has 1 aromatic carbocycles. The summed E-state index contributed by atoms with van der Waals surface area (Å²) in [5, 5.41) is 0. The number of rotatable bonds is 5. The van der Waals surface area contributed by atoms with E-state index < -0.39 is 0 Å². The highest BCUT2D eigenvalue weighted by Crippen LogP contribution is 2.57. The van der Waals surface area contributed by atoms with E-state index in [4.69, 9.17) is 10.5 Å². The molecule has 2 heteroatoms. The number of benzene rings is 1. The molecule has 1 atom stereocenters. The Morgan fingerprint density at radius 3 is 2.09 bits per heavy atom. The molecule has 0 aliphatic heterocycles. The van der Waals surface area contributed by atoms with E-state index >= 15 is 0 Å². The summed E-state index contributed by atoms with van der Waals surface area (Å²) in [6.45, 7) is 3.01. The van der Waals surface area contributed by atoms with Crippen LogP contribution < -0.4 is 10.5 Å². The molecule has 120 valence electrons. The van der Waals surface area contributed by atoms with Gasteiger partial charge in [-0.1, -0.05) is 19.1 Å². The van der Waals surface area contributed by atoms with Crippen LogP contribution in [0.1, 0.15) is 63.4 Å². The average molecular weight is 299 g/mol. The monoisotopic (exact) mass is 299 g/mol. The zero-order valence-electron chi connectivity index (χ0n) is 13.8. The maximum absolute atomic E-state index is 6.58. The minimum absolute atomic E-state index is 0.166. The average Bonchev–Trinajstić information content (AvgIpc) is 2.46. The molecule has 4 aliphatic rings. The third-order valence-corrected chi connectivity index (χ3v) is 6.37. The van der Waals surface area contributed by atoms with E-state index in [1.165, 1.54) is 44.1 Å². The van der Waals surface area contributed by atoms with Crippen LogP contribution in [-0.4, -0.2) is 12.1 Å². The molecule has 0 amide bonds. The molecule has 4 aliphatic carbocycles. The van der Waals surface area contributed by atoms with E-state index in [-0.39, 0.29) is 5.60 Å². The fraction of sp³-hybridized carbons (Fsp3) is 0.700. The summed E-state index contributed by atoms with van der Waals surface area (Å²) in [6, 6.07) is 8.83. The fourth-order valence-corrected chi connectivity index (χ4v) is 5.69. The lowest BCUT2D eigenvalue weighted by Gasteiger charge is -2.56. The smallest absolute Gasteiger partial charge is 0.120 e. The second kappa shape index (κ2) is 5.56. The normalized spacial score (nSPS) is 37.3. The first-order chi connectivity index (χ1) is 10.7. The molecule has 0 heterocycles. The van der Waals surface area contributed by atoms with E-state index in [1.54, 1.807) is 0 Å². The first kappa shape index (κ1) is 14.6. The summed E-state index contributed by atoms with van der Waals surface area (Å²) in [5.41, 5.74) is 7.21. The van der Waals surface area contributed by atoms with Gasteiger partial charge in [0.25, 0.3) is 0 Å². The molecule has 0 saturated heterocycles. The molecular weight excluding hydrogens is 270 g/mol. The predicted octanol–water partition coefficient (Wildman–Crippen LogP) is 4.49. The Bertz CT molecular complexity index is 486. The van der Waals surface area contributed by atoms with Gasteiger partial charge < -0.3 is 10.5 Å². The number of ether oxygens (including phenoxy) is 1. The summed E-state index contributed by atoms with van der Waals surface area (Å²) >= 11 is 0. The third kappa shape index (κ3) is 2.67. The summed E-state index contributed by atoms with van der Waals surface area (Å²) in [7, 11) is 0. The van der Waals surface area contributed by atoms with Crippen LogP contribution in [0.25, 0.3) is 0 Å². The highest BCUT2D eigenvalue weighted by Gasteiger charge is 2.52. The Kier molecular flexibility index (Phi) is 3.68. The van der Waals surface area contributed by atoms with Gasteiger partial charge in [0.05, 0.1) is 0 Å². The lowest BCUT2D eigenvalue weighted by molar-refractivity contribution is -0.107. The van der Waals surface area contributed by atoms with Gasteiger partial charge >= 0.3 is 0 Å². The van der Waals surface area contributed by atoms with Gasteiger partial charge in [-0.3, -0.25) is 0 Å². The molecule has 0 aromatic heterocycles.